The normalized spacial score (nSPS) is 15.1. The Hall–Kier alpha value is -4.04. The van der Waals surface area contributed by atoms with Crippen LogP contribution in [0.3, 0.4) is 0 Å². The third-order valence-electron chi connectivity index (χ3n) is 5.23. The van der Waals surface area contributed by atoms with Gasteiger partial charge in [0.1, 0.15) is 12.1 Å². The van der Waals surface area contributed by atoms with E-state index in [1.54, 1.807) is 10.8 Å². The smallest absolute Gasteiger partial charge is 0.265 e. The van der Waals surface area contributed by atoms with Gasteiger partial charge in [-0.15, -0.1) is 6.58 Å². The Morgan fingerprint density at radius 2 is 1.97 bits per heavy atom. The van der Waals surface area contributed by atoms with Crippen molar-refractivity contribution in [2.24, 2.45) is 0 Å². The maximum atomic E-state index is 12.9. The first-order valence-electron chi connectivity index (χ1n) is 10.3. The number of aryl methyl sites for hydroxylation is 1. The molecule has 3 amide bonds. The molecule has 0 atom stereocenters. The molecule has 1 aliphatic rings. The number of anilines is 1. The average molecular weight is 459 g/mol. The number of fused-ring (bicyclic) bond motifs is 1. The molecule has 0 radical (unpaired) electrons. The van der Waals surface area contributed by atoms with E-state index in [2.05, 4.69) is 17.2 Å². The zero-order valence-corrected chi connectivity index (χ0v) is 18.8. The molecule has 1 fully saturated rings. The Balaban J connectivity index is 1.66. The van der Waals surface area contributed by atoms with Crippen LogP contribution in [0, 0.1) is 6.92 Å². The number of amides is 3. The molecule has 2 aromatic carbocycles. The lowest BCUT2D eigenvalue weighted by Crippen LogP contribution is -2.53. The molecular weight excluding hydrogens is 436 g/mol. The lowest BCUT2D eigenvalue weighted by atomic mass is 10.1. The number of nitrogens with one attached hydrogen (secondary N) is 2. The van der Waals surface area contributed by atoms with E-state index in [4.69, 9.17) is 12.2 Å². The van der Waals surface area contributed by atoms with Crippen LogP contribution in [-0.4, -0.2) is 38.8 Å². The van der Waals surface area contributed by atoms with Gasteiger partial charge in [0.25, 0.3) is 11.8 Å². The number of hydrogen-bond donors (Lipinski definition) is 2. The summed E-state index contributed by atoms with van der Waals surface area (Å²) in [6.45, 7) is 5.85. The lowest BCUT2D eigenvalue weighted by molar-refractivity contribution is -0.128. The maximum absolute atomic E-state index is 12.9. The van der Waals surface area contributed by atoms with E-state index in [1.165, 1.54) is 17.1 Å². The number of benzene rings is 2. The van der Waals surface area contributed by atoms with Crippen molar-refractivity contribution in [3.8, 4) is 0 Å². The summed E-state index contributed by atoms with van der Waals surface area (Å²) in [7, 11) is 0. The van der Waals surface area contributed by atoms with Gasteiger partial charge in [-0.1, -0.05) is 36.4 Å². The molecule has 2 heterocycles. The Bertz CT molecular complexity index is 1340. The summed E-state index contributed by atoms with van der Waals surface area (Å²) in [5, 5.41) is 6.32. The highest BCUT2D eigenvalue weighted by Crippen LogP contribution is 2.25. The van der Waals surface area contributed by atoms with Crippen LogP contribution in [0.15, 0.2) is 73.0 Å². The minimum absolute atomic E-state index is 0.0300. The zero-order chi connectivity index (χ0) is 23.5. The van der Waals surface area contributed by atoms with Crippen molar-refractivity contribution in [1.29, 1.82) is 0 Å². The summed E-state index contributed by atoms with van der Waals surface area (Å²) in [6, 6.07) is 15.1. The average Bonchev–Trinajstić information content (AvgIpc) is 3.11. The first-order valence-corrected chi connectivity index (χ1v) is 10.7. The molecular formula is C25H22N4O3S. The van der Waals surface area contributed by atoms with Gasteiger partial charge >= 0.3 is 0 Å². The quantitative estimate of drug-likeness (QED) is 0.257. The van der Waals surface area contributed by atoms with E-state index < -0.39 is 11.8 Å². The minimum Gasteiger partial charge on any atom is -0.337 e. The Kier molecular flexibility index (Phi) is 6.19. The van der Waals surface area contributed by atoms with Gasteiger partial charge in [0.05, 0.1) is 0 Å². The molecule has 0 bridgehead atoms. The first-order chi connectivity index (χ1) is 15.9. The van der Waals surface area contributed by atoms with E-state index in [0.717, 1.165) is 22.2 Å². The number of para-hydroxylation sites is 1. The summed E-state index contributed by atoms with van der Waals surface area (Å²) in [5.74, 6) is -1.23. The number of aromatic nitrogens is 1. The molecule has 0 spiro atoms. The zero-order valence-electron chi connectivity index (χ0n) is 18.0. The highest BCUT2D eigenvalue weighted by atomic mass is 32.1. The predicted octanol–water partition coefficient (Wildman–Crippen LogP) is 3.40. The molecule has 4 rings (SSSR count). The van der Waals surface area contributed by atoms with Gasteiger partial charge in [-0.3, -0.25) is 24.6 Å². The van der Waals surface area contributed by atoms with Gasteiger partial charge in [-0.05, 0) is 49.0 Å². The van der Waals surface area contributed by atoms with Crippen molar-refractivity contribution in [3.05, 3.63) is 84.1 Å². The molecule has 7 nitrogen and oxygen atoms in total. The van der Waals surface area contributed by atoms with Crippen LogP contribution in [0.5, 0.6) is 0 Å². The molecule has 3 aromatic rings. The van der Waals surface area contributed by atoms with Gasteiger partial charge in [-0.25, -0.2) is 0 Å². The van der Waals surface area contributed by atoms with E-state index in [-0.39, 0.29) is 29.7 Å². The SMILES string of the molecule is C=CCN1C(=O)/C(=C/c2cn(CC(=O)Nc3cccc(C)c3)c3ccccc23)C(=O)NC1=S. The van der Waals surface area contributed by atoms with Crippen LogP contribution in [0.1, 0.15) is 11.1 Å². The van der Waals surface area contributed by atoms with Gasteiger partial charge in [0.15, 0.2) is 5.11 Å². The third kappa shape index (κ3) is 4.61. The third-order valence-corrected chi connectivity index (χ3v) is 5.55. The van der Waals surface area contributed by atoms with Gasteiger partial charge < -0.3 is 9.88 Å². The molecule has 0 aliphatic carbocycles. The fourth-order valence-corrected chi connectivity index (χ4v) is 3.99. The number of rotatable bonds is 6. The van der Waals surface area contributed by atoms with E-state index >= 15 is 0 Å². The van der Waals surface area contributed by atoms with Crippen molar-refractivity contribution in [1.82, 2.24) is 14.8 Å². The molecule has 0 saturated carbocycles. The van der Waals surface area contributed by atoms with Crippen LogP contribution < -0.4 is 10.6 Å². The van der Waals surface area contributed by atoms with E-state index in [9.17, 15) is 14.4 Å². The summed E-state index contributed by atoms with van der Waals surface area (Å²) in [6.07, 6.45) is 4.84. The van der Waals surface area contributed by atoms with Gasteiger partial charge in [0.2, 0.25) is 5.91 Å². The highest BCUT2D eigenvalue weighted by Gasteiger charge is 2.32. The number of hydrogen-bond acceptors (Lipinski definition) is 4. The maximum Gasteiger partial charge on any atom is 0.265 e. The Morgan fingerprint density at radius 3 is 2.73 bits per heavy atom. The van der Waals surface area contributed by atoms with Crippen molar-refractivity contribution in [2.75, 3.05) is 11.9 Å². The van der Waals surface area contributed by atoms with Gasteiger partial charge in [0, 0.05) is 34.9 Å². The summed E-state index contributed by atoms with van der Waals surface area (Å²) in [4.78, 5) is 39.4. The summed E-state index contributed by atoms with van der Waals surface area (Å²) >= 11 is 5.10. The lowest BCUT2D eigenvalue weighted by Gasteiger charge is -2.27. The van der Waals surface area contributed by atoms with Crippen molar-refractivity contribution in [3.63, 3.8) is 0 Å². The number of nitrogens with zero attached hydrogens (tertiary/aromatic N) is 2. The largest absolute Gasteiger partial charge is 0.337 e. The Labute approximate surface area is 196 Å². The molecule has 166 valence electrons. The molecule has 8 heteroatoms. The summed E-state index contributed by atoms with van der Waals surface area (Å²) < 4.78 is 1.80. The van der Waals surface area contributed by atoms with Crippen LogP contribution >= 0.6 is 12.2 Å². The molecule has 2 N–H and O–H groups in total. The fraction of sp³-hybridized carbons (Fsp3) is 0.120. The second kappa shape index (κ2) is 9.22. The van der Waals surface area contributed by atoms with Crippen molar-refractivity contribution in [2.45, 2.75) is 13.5 Å². The fourth-order valence-electron chi connectivity index (χ4n) is 3.74. The van der Waals surface area contributed by atoms with Crippen LogP contribution in [0.25, 0.3) is 17.0 Å². The topological polar surface area (TPSA) is 83.4 Å². The van der Waals surface area contributed by atoms with Gasteiger partial charge in [-0.2, -0.15) is 0 Å². The predicted molar refractivity (Wildman–Crippen MR) is 132 cm³/mol. The summed E-state index contributed by atoms with van der Waals surface area (Å²) in [5.41, 5.74) is 3.21. The Morgan fingerprint density at radius 1 is 1.18 bits per heavy atom. The van der Waals surface area contributed by atoms with Crippen molar-refractivity contribution < 1.29 is 14.4 Å². The monoisotopic (exact) mass is 458 g/mol. The molecule has 0 unspecified atom stereocenters. The molecule has 1 aliphatic heterocycles. The number of carbonyl (C=O) groups excluding carboxylic acids is 3. The molecule has 33 heavy (non-hydrogen) atoms. The number of carbonyl (C=O) groups is 3. The number of thiocarbonyl (C=S) groups is 1. The first kappa shape index (κ1) is 22.2. The van der Waals surface area contributed by atoms with Crippen molar-refractivity contribution >= 4 is 57.7 Å². The second-order valence-corrected chi connectivity index (χ2v) is 8.06. The van der Waals surface area contributed by atoms with E-state index in [0.29, 0.717) is 5.56 Å². The highest BCUT2D eigenvalue weighted by molar-refractivity contribution is 7.80. The molecule has 1 saturated heterocycles. The molecule has 1 aromatic heterocycles. The standard InChI is InChI=1S/C25H22N4O3S/c1-3-11-29-24(32)20(23(31)27-25(29)33)13-17-14-28(21-10-5-4-9-19(17)21)15-22(30)26-18-8-6-7-16(2)12-18/h3-10,12-14H,1,11,15H2,2H3,(H,26,30)(H,27,31,33)/b20-13+. The van der Waals surface area contributed by atoms with Crippen LogP contribution in [0.4, 0.5) is 5.69 Å². The van der Waals surface area contributed by atoms with Crippen LogP contribution in [0.2, 0.25) is 0 Å². The minimum atomic E-state index is -0.556. The second-order valence-electron chi connectivity index (χ2n) is 7.67. The van der Waals surface area contributed by atoms with Crippen LogP contribution in [-0.2, 0) is 20.9 Å². The van der Waals surface area contributed by atoms with E-state index in [1.807, 2.05) is 55.5 Å².